The molecule has 1 atom stereocenters. The second kappa shape index (κ2) is 4.42. The Bertz CT molecular complexity index is 386. The summed E-state index contributed by atoms with van der Waals surface area (Å²) in [5.41, 5.74) is 7.10. The normalized spacial score (nSPS) is 18.9. The molecule has 1 aromatic rings. The van der Waals surface area contributed by atoms with E-state index in [1.165, 1.54) is 12.8 Å². The van der Waals surface area contributed by atoms with E-state index < -0.39 is 5.82 Å². The minimum absolute atomic E-state index is 0.238. The number of phenols is 1. The topological polar surface area (TPSA) is 46.2 Å². The molecule has 3 N–H and O–H groups in total. The molecule has 0 aromatic heterocycles. The molecule has 1 fully saturated rings. The third kappa shape index (κ3) is 1.92. The van der Waals surface area contributed by atoms with Crippen LogP contribution in [0, 0.1) is 18.7 Å². The lowest BCUT2D eigenvalue weighted by molar-refractivity contribution is 0.390. The summed E-state index contributed by atoms with van der Waals surface area (Å²) in [5.74, 6) is -0.418. The van der Waals surface area contributed by atoms with Gasteiger partial charge in [-0.05, 0) is 31.2 Å². The Morgan fingerprint density at radius 2 is 2.00 bits per heavy atom. The van der Waals surface area contributed by atoms with E-state index >= 15 is 0 Å². The fourth-order valence-electron chi connectivity index (χ4n) is 2.52. The molecule has 0 unspecified atom stereocenters. The van der Waals surface area contributed by atoms with Crippen LogP contribution in [-0.2, 0) is 0 Å². The van der Waals surface area contributed by atoms with Crippen LogP contribution in [0.15, 0.2) is 12.1 Å². The van der Waals surface area contributed by atoms with Crippen molar-refractivity contribution >= 4 is 0 Å². The minimum Gasteiger partial charge on any atom is -0.505 e. The van der Waals surface area contributed by atoms with Gasteiger partial charge in [0, 0.05) is 11.6 Å². The molecule has 2 nitrogen and oxygen atoms in total. The predicted molar refractivity (Wildman–Crippen MR) is 61.7 cm³/mol. The van der Waals surface area contributed by atoms with Crippen molar-refractivity contribution in [3.05, 3.63) is 29.1 Å². The van der Waals surface area contributed by atoms with Crippen LogP contribution in [0.4, 0.5) is 4.39 Å². The molecule has 1 saturated carbocycles. The van der Waals surface area contributed by atoms with Gasteiger partial charge >= 0.3 is 0 Å². The summed E-state index contributed by atoms with van der Waals surface area (Å²) in [4.78, 5) is 0. The molecule has 3 heteroatoms. The van der Waals surface area contributed by atoms with Crippen molar-refractivity contribution in [3.8, 4) is 5.75 Å². The summed E-state index contributed by atoms with van der Waals surface area (Å²) in [6.07, 6.45) is 4.53. The molecule has 1 aliphatic rings. The first-order valence-corrected chi connectivity index (χ1v) is 5.85. The molecule has 1 aliphatic carbocycles. The summed E-state index contributed by atoms with van der Waals surface area (Å²) < 4.78 is 13.5. The minimum atomic E-state index is -0.536. The average molecular weight is 223 g/mol. The largest absolute Gasteiger partial charge is 0.505 e. The van der Waals surface area contributed by atoms with E-state index in [4.69, 9.17) is 5.73 Å². The Morgan fingerprint density at radius 1 is 1.38 bits per heavy atom. The molecule has 0 bridgehead atoms. The number of halogens is 1. The molecule has 2 rings (SSSR count). The highest BCUT2D eigenvalue weighted by atomic mass is 19.1. The molecule has 0 heterocycles. The van der Waals surface area contributed by atoms with Crippen LogP contribution < -0.4 is 5.73 Å². The molecular weight excluding hydrogens is 205 g/mol. The van der Waals surface area contributed by atoms with Crippen molar-refractivity contribution in [1.29, 1.82) is 0 Å². The smallest absolute Gasteiger partial charge is 0.168 e. The van der Waals surface area contributed by atoms with Crippen LogP contribution in [0.5, 0.6) is 5.75 Å². The van der Waals surface area contributed by atoms with E-state index in [2.05, 4.69) is 0 Å². The monoisotopic (exact) mass is 223 g/mol. The van der Waals surface area contributed by atoms with Gasteiger partial charge in [0.25, 0.3) is 0 Å². The first-order valence-electron chi connectivity index (χ1n) is 5.85. The molecule has 0 radical (unpaired) electrons. The first-order chi connectivity index (χ1) is 7.61. The van der Waals surface area contributed by atoms with Crippen LogP contribution >= 0.6 is 0 Å². The van der Waals surface area contributed by atoms with Gasteiger partial charge in [0.05, 0.1) is 0 Å². The lowest BCUT2D eigenvalue weighted by Gasteiger charge is -2.20. The average Bonchev–Trinajstić information content (AvgIpc) is 2.79. The molecular formula is C13H18FNO. The first kappa shape index (κ1) is 11.4. The van der Waals surface area contributed by atoms with Gasteiger partial charge in [-0.3, -0.25) is 0 Å². The van der Waals surface area contributed by atoms with Gasteiger partial charge in [-0.15, -0.1) is 0 Å². The Balaban J connectivity index is 2.29. The Hall–Kier alpha value is -1.09. The van der Waals surface area contributed by atoms with Crippen LogP contribution in [0.1, 0.15) is 42.9 Å². The van der Waals surface area contributed by atoms with Crippen molar-refractivity contribution in [2.45, 2.75) is 38.6 Å². The SMILES string of the molecule is Cc1ccc([C@H](N)C2CCCC2)c(O)c1F. The van der Waals surface area contributed by atoms with Gasteiger partial charge in [0.15, 0.2) is 11.6 Å². The second-order valence-corrected chi connectivity index (χ2v) is 4.70. The van der Waals surface area contributed by atoms with Crippen molar-refractivity contribution in [1.82, 2.24) is 0 Å². The quantitative estimate of drug-likeness (QED) is 0.809. The van der Waals surface area contributed by atoms with Crippen molar-refractivity contribution in [2.75, 3.05) is 0 Å². The maximum Gasteiger partial charge on any atom is 0.168 e. The number of benzene rings is 1. The summed E-state index contributed by atoms with van der Waals surface area (Å²) >= 11 is 0. The molecule has 1 aromatic carbocycles. The zero-order valence-electron chi connectivity index (χ0n) is 9.54. The molecule has 16 heavy (non-hydrogen) atoms. The highest BCUT2D eigenvalue weighted by molar-refractivity contribution is 5.40. The number of aryl methyl sites for hydroxylation is 1. The number of hydrogen-bond acceptors (Lipinski definition) is 2. The predicted octanol–water partition coefficient (Wildman–Crippen LogP) is 3.03. The van der Waals surface area contributed by atoms with Gasteiger partial charge in [-0.1, -0.05) is 25.0 Å². The number of rotatable bonds is 2. The second-order valence-electron chi connectivity index (χ2n) is 4.70. The summed E-state index contributed by atoms with van der Waals surface area (Å²) in [6, 6.07) is 3.19. The van der Waals surface area contributed by atoms with Crippen LogP contribution in [-0.4, -0.2) is 5.11 Å². The highest BCUT2D eigenvalue weighted by Crippen LogP contribution is 2.38. The third-order valence-electron chi connectivity index (χ3n) is 3.61. The molecule has 0 spiro atoms. The fraction of sp³-hybridized carbons (Fsp3) is 0.538. The van der Waals surface area contributed by atoms with Gasteiger partial charge in [0.2, 0.25) is 0 Å². The summed E-state index contributed by atoms with van der Waals surface area (Å²) in [5, 5.41) is 9.75. The van der Waals surface area contributed by atoms with E-state index in [1.807, 2.05) is 0 Å². The van der Waals surface area contributed by atoms with Crippen molar-refractivity contribution in [2.24, 2.45) is 11.7 Å². The van der Waals surface area contributed by atoms with Crippen LogP contribution in [0.2, 0.25) is 0 Å². The highest BCUT2D eigenvalue weighted by Gasteiger charge is 2.26. The van der Waals surface area contributed by atoms with E-state index in [-0.39, 0.29) is 11.8 Å². The fourth-order valence-corrected chi connectivity index (χ4v) is 2.52. The van der Waals surface area contributed by atoms with E-state index in [0.29, 0.717) is 17.0 Å². The van der Waals surface area contributed by atoms with Crippen LogP contribution in [0.3, 0.4) is 0 Å². The van der Waals surface area contributed by atoms with Gasteiger partial charge in [-0.25, -0.2) is 4.39 Å². The molecule has 0 saturated heterocycles. The number of hydrogen-bond donors (Lipinski definition) is 2. The molecule has 0 amide bonds. The van der Waals surface area contributed by atoms with Crippen molar-refractivity contribution < 1.29 is 9.50 Å². The van der Waals surface area contributed by atoms with E-state index in [9.17, 15) is 9.50 Å². The molecule has 0 aliphatic heterocycles. The summed E-state index contributed by atoms with van der Waals surface area (Å²) in [6.45, 7) is 1.64. The van der Waals surface area contributed by atoms with Crippen molar-refractivity contribution in [3.63, 3.8) is 0 Å². The standard InChI is InChI=1S/C13H18FNO/c1-8-6-7-10(13(16)11(8)14)12(15)9-4-2-3-5-9/h6-7,9,12,16H,2-5,15H2,1H3/t12-/m1/s1. The van der Waals surface area contributed by atoms with E-state index in [1.54, 1.807) is 19.1 Å². The number of nitrogens with two attached hydrogens (primary N) is 1. The van der Waals surface area contributed by atoms with Crippen LogP contribution in [0.25, 0.3) is 0 Å². The van der Waals surface area contributed by atoms with Gasteiger partial charge in [-0.2, -0.15) is 0 Å². The van der Waals surface area contributed by atoms with Gasteiger partial charge in [0.1, 0.15) is 0 Å². The zero-order chi connectivity index (χ0) is 11.7. The maximum absolute atomic E-state index is 13.5. The molecule has 88 valence electrons. The Kier molecular flexibility index (Phi) is 3.15. The Morgan fingerprint density at radius 3 is 2.62 bits per heavy atom. The van der Waals surface area contributed by atoms with E-state index in [0.717, 1.165) is 12.8 Å². The number of phenolic OH excluding ortho intramolecular Hbond substituents is 1. The third-order valence-corrected chi connectivity index (χ3v) is 3.61. The number of aromatic hydroxyl groups is 1. The Labute approximate surface area is 95.3 Å². The maximum atomic E-state index is 13.5. The lowest BCUT2D eigenvalue weighted by Crippen LogP contribution is -2.19. The summed E-state index contributed by atoms with van der Waals surface area (Å²) in [7, 11) is 0. The lowest BCUT2D eigenvalue weighted by atomic mass is 9.91. The zero-order valence-corrected chi connectivity index (χ0v) is 9.54. The van der Waals surface area contributed by atoms with Gasteiger partial charge < -0.3 is 10.8 Å².